The van der Waals surface area contributed by atoms with Gasteiger partial charge in [-0.2, -0.15) is 0 Å². The van der Waals surface area contributed by atoms with Gasteiger partial charge in [-0.25, -0.2) is 9.67 Å². The average molecular weight is 437 g/mol. The number of amides is 1. The molecule has 0 atom stereocenters. The Morgan fingerprint density at radius 1 is 1.20 bits per heavy atom. The number of allylic oxidation sites excluding steroid dienone is 1. The van der Waals surface area contributed by atoms with Crippen molar-refractivity contribution >= 4 is 40.4 Å². The number of thiazole rings is 1. The molecule has 0 fully saturated rings. The number of rotatable bonds is 4. The number of nitrogens with zero attached hydrogens (tertiary/aromatic N) is 2. The molecule has 3 aromatic rings. The number of anilines is 1. The van der Waals surface area contributed by atoms with E-state index in [9.17, 15) is 4.79 Å². The minimum Gasteiger partial charge on any atom is -0.482 e. The van der Waals surface area contributed by atoms with Crippen LogP contribution in [0.3, 0.4) is 0 Å². The topological polar surface area (TPSA) is 67.6 Å². The number of ether oxygens (including phenoxy) is 1. The molecule has 3 heterocycles. The van der Waals surface area contributed by atoms with Crippen molar-refractivity contribution in [2.75, 3.05) is 23.1 Å². The summed E-state index contributed by atoms with van der Waals surface area (Å²) >= 11 is 3.38. The number of carbonyl (C=O) groups excluding carboxylic acids is 1. The van der Waals surface area contributed by atoms with Crippen LogP contribution in [-0.2, 0) is 4.79 Å². The Kier molecular flexibility index (Phi) is 5.10. The zero-order valence-electron chi connectivity index (χ0n) is 16.3. The highest BCUT2D eigenvalue weighted by Gasteiger charge is 2.18. The highest BCUT2D eigenvalue weighted by atomic mass is 32.2. The molecule has 152 valence electrons. The van der Waals surface area contributed by atoms with E-state index in [1.54, 1.807) is 23.1 Å². The predicted molar refractivity (Wildman–Crippen MR) is 123 cm³/mol. The molecule has 2 N–H and O–H groups in total. The van der Waals surface area contributed by atoms with Gasteiger partial charge in [-0.05, 0) is 49.1 Å². The first-order chi connectivity index (χ1) is 14.7. The van der Waals surface area contributed by atoms with Crippen LogP contribution in [0.2, 0.25) is 0 Å². The van der Waals surface area contributed by atoms with Crippen LogP contribution >= 0.6 is 23.1 Å². The minimum absolute atomic E-state index is 0.0533. The maximum atomic E-state index is 11.7. The Balaban J connectivity index is 1.60. The fourth-order valence-electron chi connectivity index (χ4n) is 3.28. The number of aromatic nitrogens is 1. The van der Waals surface area contributed by atoms with Crippen molar-refractivity contribution in [2.45, 2.75) is 13.3 Å². The number of benzene rings is 2. The number of hydrogen-bond donors (Lipinski definition) is 2. The summed E-state index contributed by atoms with van der Waals surface area (Å²) in [6.45, 7) is 2.12. The molecule has 0 bridgehead atoms. The number of fused-ring (bicyclic) bond motifs is 1. The Morgan fingerprint density at radius 2 is 2.07 bits per heavy atom. The van der Waals surface area contributed by atoms with Crippen molar-refractivity contribution in [1.29, 1.82) is 0 Å². The normalized spacial score (nSPS) is 16.0. The van der Waals surface area contributed by atoms with E-state index in [-0.39, 0.29) is 12.5 Å². The molecule has 8 heteroatoms. The van der Waals surface area contributed by atoms with Gasteiger partial charge in [0.1, 0.15) is 5.75 Å². The number of nitrogens with one attached hydrogen (secondary N) is 2. The molecular formula is C22H20N4O2S2. The molecule has 30 heavy (non-hydrogen) atoms. The lowest BCUT2D eigenvalue weighted by Gasteiger charge is -2.19. The van der Waals surface area contributed by atoms with Crippen molar-refractivity contribution in [3.8, 4) is 17.0 Å². The third kappa shape index (κ3) is 3.88. The Labute approximate surface area is 182 Å². The van der Waals surface area contributed by atoms with E-state index < -0.39 is 0 Å². The molecule has 6 nitrogen and oxygen atoms in total. The van der Waals surface area contributed by atoms with E-state index >= 15 is 0 Å². The summed E-state index contributed by atoms with van der Waals surface area (Å²) in [5, 5.41) is 7.12. The molecule has 2 aliphatic heterocycles. The van der Waals surface area contributed by atoms with Crippen LogP contribution in [0.4, 0.5) is 11.4 Å². The monoisotopic (exact) mass is 436 g/mol. The molecular weight excluding hydrogens is 416 g/mol. The van der Waals surface area contributed by atoms with Gasteiger partial charge in [0.2, 0.25) is 4.80 Å². The van der Waals surface area contributed by atoms with Gasteiger partial charge in [0.25, 0.3) is 5.91 Å². The highest BCUT2D eigenvalue weighted by molar-refractivity contribution is 8.02. The maximum Gasteiger partial charge on any atom is 0.262 e. The summed E-state index contributed by atoms with van der Waals surface area (Å²) < 4.78 is 7.52. The zero-order valence-corrected chi connectivity index (χ0v) is 18.0. The van der Waals surface area contributed by atoms with Crippen LogP contribution in [0.25, 0.3) is 11.3 Å². The standard InChI is InChI=1S/C22H20N4O2S2/c1-14-2-5-16(6-3-14)23-22-26(25-17-8-9-29-12-17)19(13-30-22)15-4-7-20-18(10-15)24-21(27)11-28-20/h2-7,10,12-13,25H,8-9,11H2,1H3,(H,24,27). The van der Waals surface area contributed by atoms with E-state index in [0.29, 0.717) is 11.4 Å². The van der Waals surface area contributed by atoms with Crippen LogP contribution < -0.4 is 20.3 Å². The van der Waals surface area contributed by atoms with E-state index in [2.05, 4.69) is 40.6 Å². The van der Waals surface area contributed by atoms with Gasteiger partial charge in [-0.15, -0.1) is 23.1 Å². The van der Waals surface area contributed by atoms with E-state index in [1.807, 2.05) is 35.0 Å². The maximum absolute atomic E-state index is 11.7. The summed E-state index contributed by atoms with van der Waals surface area (Å²) in [5.41, 5.74) is 9.45. The van der Waals surface area contributed by atoms with Crippen LogP contribution in [0.5, 0.6) is 5.75 Å². The molecule has 0 aliphatic carbocycles. The van der Waals surface area contributed by atoms with Crippen molar-refractivity contribution in [2.24, 2.45) is 4.99 Å². The van der Waals surface area contributed by atoms with E-state index in [1.165, 1.54) is 11.3 Å². The number of thioether (sulfide) groups is 1. The van der Waals surface area contributed by atoms with Gasteiger partial charge >= 0.3 is 0 Å². The zero-order chi connectivity index (χ0) is 20.5. The molecule has 0 saturated heterocycles. The molecule has 5 rings (SSSR count). The molecule has 1 amide bonds. The molecule has 2 aromatic carbocycles. The highest BCUT2D eigenvalue weighted by Crippen LogP contribution is 2.33. The second-order valence-electron chi connectivity index (χ2n) is 7.11. The van der Waals surface area contributed by atoms with E-state index in [4.69, 9.17) is 9.73 Å². The van der Waals surface area contributed by atoms with Crippen LogP contribution in [0.15, 0.2) is 63.9 Å². The second kappa shape index (κ2) is 8.04. The fraction of sp³-hybridized carbons (Fsp3) is 0.182. The molecule has 0 unspecified atom stereocenters. The SMILES string of the molecule is Cc1ccc(N=c2scc(-c3ccc4c(c3)NC(=O)CO4)n2NC2=CSCC2)cc1. The first-order valence-electron chi connectivity index (χ1n) is 9.62. The second-order valence-corrected chi connectivity index (χ2v) is 8.92. The van der Waals surface area contributed by atoms with Crippen molar-refractivity contribution in [1.82, 2.24) is 4.68 Å². The van der Waals surface area contributed by atoms with Gasteiger partial charge in [0.15, 0.2) is 6.61 Å². The summed E-state index contributed by atoms with van der Waals surface area (Å²) in [4.78, 5) is 17.4. The molecule has 1 aromatic heterocycles. The molecule has 2 aliphatic rings. The first kappa shape index (κ1) is 19.0. The lowest BCUT2D eigenvalue weighted by molar-refractivity contribution is -0.118. The van der Waals surface area contributed by atoms with E-state index in [0.717, 1.165) is 33.9 Å². The third-order valence-corrected chi connectivity index (χ3v) is 6.56. The fourth-order valence-corrected chi connectivity index (χ4v) is 4.98. The minimum atomic E-state index is -0.140. The third-order valence-electron chi connectivity index (χ3n) is 4.85. The summed E-state index contributed by atoms with van der Waals surface area (Å²) in [5.74, 6) is 1.63. The van der Waals surface area contributed by atoms with Gasteiger partial charge in [0.05, 0.1) is 17.1 Å². The smallest absolute Gasteiger partial charge is 0.262 e. The van der Waals surface area contributed by atoms with Gasteiger partial charge in [0, 0.05) is 22.4 Å². The first-order valence-corrected chi connectivity index (χ1v) is 11.6. The Morgan fingerprint density at radius 3 is 2.87 bits per heavy atom. The summed E-state index contributed by atoms with van der Waals surface area (Å²) in [6, 6.07) is 14.0. The van der Waals surface area contributed by atoms with Gasteiger partial charge < -0.3 is 10.1 Å². The average Bonchev–Trinajstić information content (AvgIpc) is 3.40. The lowest BCUT2D eigenvalue weighted by Crippen LogP contribution is -2.26. The van der Waals surface area contributed by atoms with Gasteiger partial charge in [-0.3, -0.25) is 10.2 Å². The predicted octanol–water partition coefficient (Wildman–Crippen LogP) is 4.61. The molecule has 0 saturated carbocycles. The van der Waals surface area contributed by atoms with Gasteiger partial charge in [-0.1, -0.05) is 17.7 Å². The number of carbonyl (C=O) groups is 1. The molecule has 0 radical (unpaired) electrons. The largest absolute Gasteiger partial charge is 0.482 e. The Bertz CT molecular complexity index is 1210. The van der Waals surface area contributed by atoms with Crippen molar-refractivity contribution in [3.05, 3.63) is 69.3 Å². The van der Waals surface area contributed by atoms with Crippen LogP contribution in [0.1, 0.15) is 12.0 Å². The number of aryl methyl sites for hydroxylation is 1. The summed E-state index contributed by atoms with van der Waals surface area (Å²) in [6.07, 6.45) is 0.991. The van der Waals surface area contributed by atoms with Crippen LogP contribution in [-0.4, -0.2) is 22.9 Å². The lowest BCUT2D eigenvalue weighted by atomic mass is 10.1. The van der Waals surface area contributed by atoms with Crippen LogP contribution in [0, 0.1) is 6.92 Å². The number of hydrogen-bond acceptors (Lipinski definition) is 6. The Hall–Kier alpha value is -2.97. The van der Waals surface area contributed by atoms with Crippen molar-refractivity contribution in [3.63, 3.8) is 0 Å². The molecule has 0 spiro atoms. The quantitative estimate of drug-likeness (QED) is 0.627. The van der Waals surface area contributed by atoms with Crippen molar-refractivity contribution < 1.29 is 9.53 Å². The summed E-state index contributed by atoms with van der Waals surface area (Å²) in [7, 11) is 0.